The van der Waals surface area contributed by atoms with E-state index in [0.717, 1.165) is 29.5 Å². The summed E-state index contributed by atoms with van der Waals surface area (Å²) in [5.74, 6) is -0.0849. The highest BCUT2D eigenvalue weighted by molar-refractivity contribution is 5.96. The minimum Gasteiger partial charge on any atom is -0.345 e. The van der Waals surface area contributed by atoms with Crippen molar-refractivity contribution in [1.29, 1.82) is 0 Å². The molecule has 150 valence electrons. The van der Waals surface area contributed by atoms with Crippen LogP contribution in [0.4, 0.5) is 0 Å². The molecule has 0 radical (unpaired) electrons. The lowest BCUT2D eigenvalue weighted by molar-refractivity contribution is 0.0937. The van der Waals surface area contributed by atoms with Crippen LogP contribution in [0.25, 0.3) is 22.3 Å². The van der Waals surface area contributed by atoms with Gasteiger partial charge in [0, 0.05) is 24.4 Å². The van der Waals surface area contributed by atoms with Gasteiger partial charge in [0.15, 0.2) is 5.65 Å². The molecule has 1 unspecified atom stereocenters. The number of hydrogen-bond acceptors (Lipinski definition) is 3. The second kappa shape index (κ2) is 6.99. The maximum absolute atomic E-state index is 13.0. The van der Waals surface area contributed by atoms with Crippen LogP contribution >= 0.6 is 0 Å². The summed E-state index contributed by atoms with van der Waals surface area (Å²) in [5, 5.41) is 3.19. The van der Waals surface area contributed by atoms with Gasteiger partial charge in [-0.15, -0.1) is 0 Å². The van der Waals surface area contributed by atoms with Crippen LogP contribution in [0.2, 0.25) is 0 Å². The fraction of sp³-hybridized carbons (Fsp3) is 0.208. The SMILES string of the molecule is Cc1ccc2c(c1)CCC2NC(=O)c1cccc(-c2cnc3[nH]c(=O)n(C)c3c2)c1. The number of pyridine rings is 1. The standard InChI is InChI=1S/C24H22N4O2/c1-14-6-8-19-16(10-14)7-9-20(19)26-23(29)17-5-3-4-15(11-17)18-12-21-22(25-13-18)27-24(30)28(21)2/h3-6,8,10-13,20H,7,9H2,1-2H3,(H,26,29)(H,25,27,30). The monoisotopic (exact) mass is 398 g/mol. The molecule has 0 saturated heterocycles. The molecule has 1 aliphatic rings. The number of carbonyl (C=O) groups is 1. The first kappa shape index (κ1) is 18.4. The molecule has 1 amide bonds. The number of H-pyrrole nitrogens is 1. The Morgan fingerprint density at radius 3 is 2.90 bits per heavy atom. The van der Waals surface area contributed by atoms with E-state index in [1.165, 1.54) is 21.3 Å². The lowest BCUT2D eigenvalue weighted by atomic mass is 10.0. The molecule has 4 aromatic rings. The average Bonchev–Trinajstić information content (AvgIpc) is 3.27. The Morgan fingerprint density at radius 2 is 2.03 bits per heavy atom. The third kappa shape index (κ3) is 3.10. The number of carbonyl (C=O) groups excluding carboxylic acids is 1. The Hall–Kier alpha value is -3.67. The summed E-state index contributed by atoms with van der Waals surface area (Å²) < 4.78 is 1.53. The summed E-state index contributed by atoms with van der Waals surface area (Å²) >= 11 is 0. The van der Waals surface area contributed by atoms with Crippen LogP contribution in [0, 0.1) is 6.92 Å². The molecule has 0 saturated carbocycles. The van der Waals surface area contributed by atoms with Gasteiger partial charge in [-0.3, -0.25) is 14.3 Å². The van der Waals surface area contributed by atoms with E-state index in [2.05, 4.69) is 40.4 Å². The van der Waals surface area contributed by atoms with Crippen LogP contribution in [0.3, 0.4) is 0 Å². The number of imidazole rings is 1. The minimum atomic E-state index is -0.199. The van der Waals surface area contributed by atoms with Gasteiger partial charge in [-0.1, -0.05) is 35.9 Å². The lowest BCUT2D eigenvalue weighted by Gasteiger charge is -2.15. The molecular weight excluding hydrogens is 376 g/mol. The van der Waals surface area contributed by atoms with Gasteiger partial charge >= 0.3 is 5.69 Å². The van der Waals surface area contributed by atoms with Gasteiger partial charge in [0.1, 0.15) is 0 Å². The Kier molecular flexibility index (Phi) is 4.28. The van der Waals surface area contributed by atoms with E-state index in [4.69, 9.17) is 0 Å². The number of aromatic nitrogens is 3. The van der Waals surface area contributed by atoms with Crippen molar-refractivity contribution < 1.29 is 4.79 Å². The van der Waals surface area contributed by atoms with E-state index in [-0.39, 0.29) is 17.6 Å². The summed E-state index contributed by atoms with van der Waals surface area (Å²) in [6.45, 7) is 2.09. The van der Waals surface area contributed by atoms with E-state index in [9.17, 15) is 9.59 Å². The van der Waals surface area contributed by atoms with E-state index >= 15 is 0 Å². The molecule has 0 aliphatic heterocycles. The average molecular weight is 398 g/mol. The van der Waals surface area contributed by atoms with Crippen molar-refractivity contribution in [3.05, 3.63) is 87.5 Å². The molecule has 0 spiro atoms. The maximum atomic E-state index is 13.0. The van der Waals surface area contributed by atoms with E-state index in [0.29, 0.717) is 11.2 Å². The third-order valence-electron chi connectivity index (χ3n) is 5.90. The number of hydrogen-bond donors (Lipinski definition) is 2. The van der Waals surface area contributed by atoms with E-state index in [1.807, 2.05) is 30.3 Å². The summed E-state index contributed by atoms with van der Waals surface area (Å²) in [6.07, 6.45) is 3.63. The van der Waals surface area contributed by atoms with Crippen molar-refractivity contribution in [3.8, 4) is 11.1 Å². The van der Waals surface area contributed by atoms with Gasteiger partial charge in [0.2, 0.25) is 0 Å². The molecule has 2 aromatic carbocycles. The summed E-state index contributed by atoms with van der Waals surface area (Å²) in [5.41, 5.74) is 7.21. The lowest BCUT2D eigenvalue weighted by Crippen LogP contribution is -2.27. The molecule has 5 rings (SSSR count). The zero-order valence-electron chi connectivity index (χ0n) is 16.9. The Balaban J connectivity index is 1.42. The van der Waals surface area contributed by atoms with Gasteiger partial charge in [-0.05, 0) is 54.7 Å². The van der Waals surface area contributed by atoms with Crippen molar-refractivity contribution in [2.75, 3.05) is 0 Å². The molecule has 0 bridgehead atoms. The van der Waals surface area contributed by atoms with E-state index in [1.54, 1.807) is 13.2 Å². The number of aryl methyl sites for hydroxylation is 3. The molecule has 1 atom stereocenters. The van der Waals surface area contributed by atoms with Gasteiger partial charge < -0.3 is 5.32 Å². The first-order chi connectivity index (χ1) is 14.5. The molecule has 30 heavy (non-hydrogen) atoms. The van der Waals surface area contributed by atoms with Crippen LogP contribution in [-0.2, 0) is 13.5 Å². The number of nitrogens with zero attached hydrogens (tertiary/aromatic N) is 2. The second-order valence-electron chi connectivity index (χ2n) is 7.93. The van der Waals surface area contributed by atoms with Crippen molar-refractivity contribution in [3.63, 3.8) is 0 Å². The number of amides is 1. The minimum absolute atomic E-state index is 0.0455. The van der Waals surface area contributed by atoms with Gasteiger partial charge in [0.25, 0.3) is 5.91 Å². The Bertz CT molecular complexity index is 1350. The molecular formula is C24H22N4O2. The predicted molar refractivity (Wildman–Crippen MR) is 116 cm³/mol. The zero-order valence-corrected chi connectivity index (χ0v) is 16.9. The number of rotatable bonds is 3. The van der Waals surface area contributed by atoms with Gasteiger partial charge in [-0.25, -0.2) is 9.78 Å². The zero-order chi connectivity index (χ0) is 20.8. The highest BCUT2D eigenvalue weighted by Crippen LogP contribution is 2.32. The normalized spacial score (nSPS) is 15.3. The summed E-state index contributed by atoms with van der Waals surface area (Å²) in [6, 6.07) is 15.9. The van der Waals surface area contributed by atoms with Gasteiger partial charge in [0.05, 0.1) is 11.6 Å². The number of benzene rings is 2. The molecule has 2 N–H and O–H groups in total. The van der Waals surface area contributed by atoms with Crippen molar-refractivity contribution >= 4 is 17.1 Å². The number of nitrogens with one attached hydrogen (secondary N) is 2. The first-order valence-electron chi connectivity index (χ1n) is 10.0. The van der Waals surface area contributed by atoms with Crippen molar-refractivity contribution in [2.24, 2.45) is 7.05 Å². The number of aromatic amines is 1. The Morgan fingerprint density at radius 1 is 1.17 bits per heavy atom. The highest BCUT2D eigenvalue weighted by Gasteiger charge is 2.24. The molecule has 0 fully saturated rings. The summed E-state index contributed by atoms with van der Waals surface area (Å²) in [4.78, 5) is 31.8. The van der Waals surface area contributed by atoms with Crippen LogP contribution in [0.5, 0.6) is 0 Å². The largest absolute Gasteiger partial charge is 0.345 e. The van der Waals surface area contributed by atoms with Crippen LogP contribution in [-0.4, -0.2) is 20.4 Å². The molecule has 6 heteroatoms. The predicted octanol–water partition coefficient (Wildman–Crippen LogP) is 3.65. The smallest absolute Gasteiger partial charge is 0.327 e. The fourth-order valence-electron chi connectivity index (χ4n) is 4.24. The highest BCUT2D eigenvalue weighted by atomic mass is 16.2. The topological polar surface area (TPSA) is 79.8 Å². The third-order valence-corrected chi connectivity index (χ3v) is 5.90. The molecule has 6 nitrogen and oxygen atoms in total. The molecule has 1 aliphatic carbocycles. The maximum Gasteiger partial charge on any atom is 0.327 e. The quantitative estimate of drug-likeness (QED) is 0.553. The summed E-state index contributed by atoms with van der Waals surface area (Å²) in [7, 11) is 1.71. The molecule has 2 heterocycles. The van der Waals surface area contributed by atoms with Crippen molar-refractivity contribution in [1.82, 2.24) is 19.9 Å². The first-order valence-corrected chi connectivity index (χ1v) is 10.0. The molecule has 2 aromatic heterocycles. The van der Waals surface area contributed by atoms with Crippen molar-refractivity contribution in [2.45, 2.75) is 25.8 Å². The van der Waals surface area contributed by atoms with E-state index < -0.39 is 0 Å². The van der Waals surface area contributed by atoms with Gasteiger partial charge in [-0.2, -0.15) is 0 Å². The Labute approximate surface area is 173 Å². The second-order valence-corrected chi connectivity index (χ2v) is 7.93. The number of fused-ring (bicyclic) bond motifs is 2. The fourth-order valence-corrected chi connectivity index (χ4v) is 4.24. The van der Waals surface area contributed by atoms with Crippen LogP contribution in [0.1, 0.15) is 39.5 Å². The van der Waals surface area contributed by atoms with Crippen LogP contribution < -0.4 is 11.0 Å². The van der Waals surface area contributed by atoms with Crippen LogP contribution in [0.15, 0.2) is 59.5 Å².